The molecule has 12 heteroatoms. The first-order valence-electron chi connectivity index (χ1n) is 11.2. The normalized spacial score (nSPS) is 15.1. The van der Waals surface area contributed by atoms with Crippen molar-refractivity contribution in [2.45, 2.75) is 38.9 Å². The van der Waals surface area contributed by atoms with Crippen LogP contribution in [0.5, 0.6) is 11.6 Å². The summed E-state index contributed by atoms with van der Waals surface area (Å²) in [5, 5.41) is 0. The van der Waals surface area contributed by atoms with E-state index in [0.29, 0.717) is 36.3 Å². The Morgan fingerprint density at radius 2 is 1.75 bits per heavy atom. The van der Waals surface area contributed by atoms with Crippen molar-refractivity contribution in [3.8, 4) is 23.0 Å². The van der Waals surface area contributed by atoms with E-state index in [9.17, 15) is 22.8 Å². The van der Waals surface area contributed by atoms with E-state index >= 15 is 0 Å². The molecule has 9 nitrogen and oxygen atoms in total. The standard InChI is InChI=1S/C22H19F3N6O3.C2H6/c23-22(24,25)13-5-8-18(28-11-13)34-14-6-3-12(4-7-14)21-29-15(19(26)32)10-17(30-21)31-9-1-2-16(31)20(27)33;1-2/h3-8,10-11,16H,1-2,9H2,(H2,26,32)(H2,27,33);1-2H3/t16-;/m0./s1. The van der Waals surface area contributed by atoms with Crippen LogP contribution in [-0.2, 0) is 11.0 Å². The Morgan fingerprint density at radius 3 is 2.31 bits per heavy atom. The number of carbonyl (C=O) groups is 2. The molecule has 1 fully saturated rings. The van der Waals surface area contributed by atoms with Crippen LogP contribution in [-0.4, -0.2) is 39.4 Å². The average molecular weight is 502 g/mol. The molecule has 0 saturated carbocycles. The van der Waals surface area contributed by atoms with Crippen molar-refractivity contribution in [1.82, 2.24) is 15.0 Å². The monoisotopic (exact) mass is 502 g/mol. The van der Waals surface area contributed by atoms with Crippen molar-refractivity contribution in [1.29, 1.82) is 0 Å². The van der Waals surface area contributed by atoms with Gasteiger partial charge in [0, 0.05) is 30.4 Å². The Labute approximate surface area is 205 Å². The van der Waals surface area contributed by atoms with Crippen LogP contribution < -0.4 is 21.1 Å². The average Bonchev–Trinajstić information content (AvgIpc) is 3.36. The molecule has 4 N–H and O–H groups in total. The number of hydrogen-bond donors (Lipinski definition) is 2. The second-order valence-corrected chi connectivity index (χ2v) is 7.56. The van der Waals surface area contributed by atoms with Crippen LogP contribution >= 0.6 is 0 Å². The third-order valence-electron chi connectivity index (χ3n) is 5.24. The molecule has 3 aromatic rings. The summed E-state index contributed by atoms with van der Waals surface area (Å²) in [6.07, 6.45) is -2.49. The zero-order valence-corrected chi connectivity index (χ0v) is 19.6. The summed E-state index contributed by atoms with van der Waals surface area (Å²) in [6, 6.07) is 9.19. The maximum absolute atomic E-state index is 12.7. The van der Waals surface area contributed by atoms with Gasteiger partial charge in [0.25, 0.3) is 5.91 Å². The Kier molecular flexibility index (Phi) is 8.07. The van der Waals surface area contributed by atoms with E-state index in [0.717, 1.165) is 18.6 Å². The number of primary amides is 2. The largest absolute Gasteiger partial charge is 0.439 e. The van der Waals surface area contributed by atoms with Gasteiger partial charge >= 0.3 is 6.18 Å². The number of amides is 2. The minimum atomic E-state index is -4.49. The summed E-state index contributed by atoms with van der Waals surface area (Å²) >= 11 is 0. The van der Waals surface area contributed by atoms with E-state index in [1.165, 1.54) is 6.07 Å². The minimum Gasteiger partial charge on any atom is -0.439 e. The Hall–Kier alpha value is -4.22. The number of anilines is 1. The Bertz CT molecular complexity index is 1220. The molecule has 1 saturated heterocycles. The van der Waals surface area contributed by atoms with Gasteiger partial charge in [-0.2, -0.15) is 13.2 Å². The van der Waals surface area contributed by atoms with Gasteiger partial charge in [-0.15, -0.1) is 0 Å². The molecule has 0 unspecified atom stereocenters. The van der Waals surface area contributed by atoms with E-state index < -0.39 is 29.6 Å². The second-order valence-electron chi connectivity index (χ2n) is 7.56. The fraction of sp³-hybridized carbons (Fsp3) is 0.292. The maximum Gasteiger partial charge on any atom is 0.417 e. The van der Waals surface area contributed by atoms with E-state index in [-0.39, 0.29) is 17.4 Å². The minimum absolute atomic E-state index is 0.0125. The van der Waals surface area contributed by atoms with Gasteiger partial charge in [-0.3, -0.25) is 9.59 Å². The van der Waals surface area contributed by atoms with Crippen molar-refractivity contribution >= 4 is 17.6 Å². The van der Waals surface area contributed by atoms with Crippen molar-refractivity contribution in [2.24, 2.45) is 11.5 Å². The van der Waals surface area contributed by atoms with Crippen molar-refractivity contribution in [3.05, 3.63) is 59.9 Å². The molecule has 1 aliphatic rings. The second kappa shape index (κ2) is 11.0. The Morgan fingerprint density at radius 1 is 1.06 bits per heavy atom. The molecule has 0 radical (unpaired) electrons. The number of alkyl halides is 3. The molecule has 3 heterocycles. The molecule has 0 bridgehead atoms. The summed E-state index contributed by atoms with van der Waals surface area (Å²) in [6.45, 7) is 4.54. The number of carbonyl (C=O) groups excluding carboxylic acids is 2. The number of hydrogen-bond acceptors (Lipinski definition) is 7. The van der Waals surface area contributed by atoms with E-state index in [2.05, 4.69) is 15.0 Å². The lowest BCUT2D eigenvalue weighted by molar-refractivity contribution is -0.137. The third-order valence-corrected chi connectivity index (χ3v) is 5.24. The SMILES string of the molecule is CC.NC(=O)c1cc(N2CCC[C@H]2C(N)=O)nc(-c2ccc(Oc3ccc(C(F)(F)F)cn3)cc2)n1. The highest BCUT2D eigenvalue weighted by Gasteiger charge is 2.31. The highest BCUT2D eigenvalue weighted by Crippen LogP contribution is 2.31. The number of benzene rings is 1. The topological polar surface area (TPSA) is 137 Å². The summed E-state index contributed by atoms with van der Waals surface area (Å²) in [5.41, 5.74) is 10.5. The number of rotatable bonds is 6. The maximum atomic E-state index is 12.7. The number of pyridine rings is 1. The number of aromatic nitrogens is 3. The van der Waals surface area contributed by atoms with Gasteiger partial charge in [0.2, 0.25) is 11.8 Å². The first kappa shape index (κ1) is 26.4. The van der Waals surface area contributed by atoms with Crippen LogP contribution in [0, 0.1) is 0 Å². The van der Waals surface area contributed by atoms with Crippen molar-refractivity contribution in [3.63, 3.8) is 0 Å². The molecule has 2 aromatic heterocycles. The summed E-state index contributed by atoms with van der Waals surface area (Å²) < 4.78 is 43.5. The highest BCUT2D eigenvalue weighted by atomic mass is 19.4. The summed E-state index contributed by atoms with van der Waals surface area (Å²) in [5.74, 6) is -0.392. The van der Waals surface area contributed by atoms with Crippen LogP contribution in [0.25, 0.3) is 11.4 Å². The molecule has 2 amide bonds. The van der Waals surface area contributed by atoms with Crippen LogP contribution in [0.3, 0.4) is 0 Å². The molecule has 0 spiro atoms. The highest BCUT2D eigenvalue weighted by molar-refractivity contribution is 5.92. The fourth-order valence-electron chi connectivity index (χ4n) is 3.57. The number of halogens is 3. The van der Waals surface area contributed by atoms with Crippen LogP contribution in [0.15, 0.2) is 48.7 Å². The quantitative estimate of drug-likeness (QED) is 0.521. The van der Waals surface area contributed by atoms with Gasteiger partial charge in [0.15, 0.2) is 5.82 Å². The van der Waals surface area contributed by atoms with Gasteiger partial charge in [-0.25, -0.2) is 15.0 Å². The first-order chi connectivity index (χ1) is 17.1. The molecule has 190 valence electrons. The van der Waals surface area contributed by atoms with Gasteiger partial charge in [0.05, 0.1) is 5.56 Å². The van der Waals surface area contributed by atoms with E-state index in [4.69, 9.17) is 16.2 Å². The zero-order valence-electron chi connectivity index (χ0n) is 19.6. The lowest BCUT2D eigenvalue weighted by Crippen LogP contribution is -2.41. The molecule has 0 aliphatic carbocycles. The molecule has 4 rings (SSSR count). The van der Waals surface area contributed by atoms with Gasteiger partial charge in [0.1, 0.15) is 23.3 Å². The van der Waals surface area contributed by atoms with Crippen molar-refractivity contribution < 1.29 is 27.5 Å². The van der Waals surface area contributed by atoms with Gasteiger partial charge < -0.3 is 21.1 Å². The molecular weight excluding hydrogens is 477 g/mol. The fourth-order valence-corrected chi connectivity index (χ4v) is 3.57. The van der Waals surface area contributed by atoms with Gasteiger partial charge in [-0.05, 0) is 43.2 Å². The van der Waals surface area contributed by atoms with Crippen LogP contribution in [0.1, 0.15) is 42.7 Å². The van der Waals surface area contributed by atoms with Crippen LogP contribution in [0.4, 0.5) is 19.0 Å². The van der Waals surface area contributed by atoms with Crippen molar-refractivity contribution in [2.75, 3.05) is 11.4 Å². The summed E-state index contributed by atoms with van der Waals surface area (Å²) in [4.78, 5) is 37.7. The predicted octanol–water partition coefficient (Wildman–Crippen LogP) is 3.93. The zero-order chi connectivity index (χ0) is 26.5. The lowest BCUT2D eigenvalue weighted by Gasteiger charge is -2.23. The smallest absolute Gasteiger partial charge is 0.417 e. The summed E-state index contributed by atoms with van der Waals surface area (Å²) in [7, 11) is 0. The molecule has 1 atom stereocenters. The van der Waals surface area contributed by atoms with E-state index in [1.807, 2.05) is 13.8 Å². The lowest BCUT2D eigenvalue weighted by atomic mass is 10.2. The Balaban J connectivity index is 0.00000176. The third kappa shape index (κ3) is 6.06. The molecule has 1 aromatic carbocycles. The number of nitrogens with two attached hydrogens (primary N) is 2. The van der Waals surface area contributed by atoms with Gasteiger partial charge in [-0.1, -0.05) is 13.8 Å². The molecule has 1 aliphatic heterocycles. The first-order valence-corrected chi connectivity index (χ1v) is 11.2. The van der Waals surface area contributed by atoms with Crippen LogP contribution in [0.2, 0.25) is 0 Å². The molecular formula is C24H25F3N6O3. The predicted molar refractivity (Wildman–Crippen MR) is 126 cm³/mol. The number of ether oxygens (including phenoxy) is 1. The number of nitrogens with zero attached hydrogens (tertiary/aromatic N) is 4. The van der Waals surface area contributed by atoms with E-state index in [1.54, 1.807) is 29.2 Å². The molecule has 36 heavy (non-hydrogen) atoms.